The SMILES string of the molecule is Cc1ncc(Nc2nc3cccc(-c4cccc(S(C)(=O)=O)c4)n3n2)s1. The number of hydrogen-bond donors (Lipinski definition) is 1. The van der Waals surface area contributed by atoms with Crippen molar-refractivity contribution < 1.29 is 8.42 Å². The molecule has 0 radical (unpaired) electrons. The summed E-state index contributed by atoms with van der Waals surface area (Å²) in [5.74, 6) is 0.459. The van der Waals surface area contributed by atoms with E-state index in [-0.39, 0.29) is 4.90 Å². The van der Waals surface area contributed by atoms with E-state index in [0.717, 1.165) is 21.3 Å². The Kier molecular flexibility index (Phi) is 3.97. The Bertz CT molecular complexity index is 1210. The van der Waals surface area contributed by atoms with Gasteiger partial charge in [-0.05, 0) is 31.2 Å². The lowest BCUT2D eigenvalue weighted by molar-refractivity contribution is 0.602. The van der Waals surface area contributed by atoms with Gasteiger partial charge in [-0.2, -0.15) is 4.98 Å². The lowest BCUT2D eigenvalue weighted by Gasteiger charge is -2.06. The van der Waals surface area contributed by atoms with E-state index in [2.05, 4.69) is 20.4 Å². The van der Waals surface area contributed by atoms with Gasteiger partial charge in [0.1, 0.15) is 5.00 Å². The van der Waals surface area contributed by atoms with Crippen LogP contribution >= 0.6 is 11.3 Å². The number of aromatic nitrogens is 4. The van der Waals surface area contributed by atoms with Crippen LogP contribution in [0.3, 0.4) is 0 Å². The molecule has 3 heterocycles. The predicted molar refractivity (Wildman–Crippen MR) is 102 cm³/mol. The van der Waals surface area contributed by atoms with E-state index in [9.17, 15) is 8.42 Å². The van der Waals surface area contributed by atoms with Gasteiger partial charge in [0.15, 0.2) is 15.5 Å². The number of nitrogens with zero attached hydrogens (tertiary/aromatic N) is 4. The number of nitrogens with one attached hydrogen (secondary N) is 1. The standard InChI is InChI=1S/C17H15N5O2S2/c1-11-18-10-16(25-11)20-17-19-15-8-4-7-14(22(15)21-17)12-5-3-6-13(9-12)26(2,23)24/h3-10H,1-2H3,(H,20,21). The van der Waals surface area contributed by atoms with Gasteiger partial charge >= 0.3 is 0 Å². The van der Waals surface area contributed by atoms with Crippen molar-refractivity contribution in [2.24, 2.45) is 0 Å². The molecule has 0 amide bonds. The highest BCUT2D eigenvalue weighted by Gasteiger charge is 2.12. The maximum atomic E-state index is 11.8. The Hall–Kier alpha value is -2.78. The maximum Gasteiger partial charge on any atom is 0.248 e. The van der Waals surface area contributed by atoms with Crippen molar-refractivity contribution in [3.8, 4) is 11.3 Å². The first-order valence-corrected chi connectivity index (χ1v) is 10.5. The molecule has 132 valence electrons. The van der Waals surface area contributed by atoms with Gasteiger partial charge in [0.2, 0.25) is 5.95 Å². The molecule has 0 bridgehead atoms. The fraction of sp³-hybridized carbons (Fsp3) is 0.118. The van der Waals surface area contributed by atoms with E-state index >= 15 is 0 Å². The summed E-state index contributed by atoms with van der Waals surface area (Å²) in [6.07, 6.45) is 2.93. The number of fused-ring (bicyclic) bond motifs is 1. The van der Waals surface area contributed by atoms with Gasteiger partial charge in [-0.3, -0.25) is 0 Å². The summed E-state index contributed by atoms with van der Waals surface area (Å²) in [7, 11) is -3.28. The van der Waals surface area contributed by atoms with E-state index in [4.69, 9.17) is 0 Å². The summed E-state index contributed by atoms with van der Waals surface area (Å²) in [6, 6.07) is 12.4. The smallest absolute Gasteiger partial charge is 0.248 e. The van der Waals surface area contributed by atoms with E-state index in [1.807, 2.05) is 31.2 Å². The van der Waals surface area contributed by atoms with Crippen molar-refractivity contribution in [1.82, 2.24) is 19.6 Å². The fourth-order valence-corrected chi connectivity index (χ4v) is 3.93. The van der Waals surface area contributed by atoms with E-state index in [1.165, 1.54) is 17.6 Å². The first-order valence-electron chi connectivity index (χ1n) is 7.76. The van der Waals surface area contributed by atoms with Crippen molar-refractivity contribution in [1.29, 1.82) is 0 Å². The minimum atomic E-state index is -3.28. The highest BCUT2D eigenvalue weighted by molar-refractivity contribution is 7.90. The molecule has 0 saturated carbocycles. The minimum absolute atomic E-state index is 0.269. The van der Waals surface area contributed by atoms with Crippen molar-refractivity contribution in [2.75, 3.05) is 11.6 Å². The molecular weight excluding hydrogens is 370 g/mol. The predicted octanol–water partition coefficient (Wildman–Crippen LogP) is 3.31. The van der Waals surface area contributed by atoms with Crippen LogP contribution in [0.5, 0.6) is 0 Å². The number of hydrogen-bond acceptors (Lipinski definition) is 7. The van der Waals surface area contributed by atoms with Crippen LogP contribution in [0.4, 0.5) is 10.9 Å². The van der Waals surface area contributed by atoms with Crippen LogP contribution in [0.25, 0.3) is 16.9 Å². The Balaban J connectivity index is 1.79. The molecule has 9 heteroatoms. The molecule has 0 aliphatic heterocycles. The first kappa shape index (κ1) is 16.7. The van der Waals surface area contributed by atoms with Crippen LogP contribution in [0.2, 0.25) is 0 Å². The monoisotopic (exact) mass is 385 g/mol. The van der Waals surface area contributed by atoms with Crippen molar-refractivity contribution >= 4 is 37.8 Å². The third kappa shape index (κ3) is 3.18. The fourth-order valence-electron chi connectivity index (χ4n) is 2.59. The van der Waals surface area contributed by atoms with E-state index < -0.39 is 9.84 Å². The summed E-state index contributed by atoms with van der Waals surface area (Å²) < 4.78 is 25.4. The van der Waals surface area contributed by atoms with Gasteiger partial charge in [-0.1, -0.05) is 18.2 Å². The van der Waals surface area contributed by atoms with Crippen molar-refractivity contribution in [3.63, 3.8) is 0 Å². The van der Waals surface area contributed by atoms with Crippen LogP contribution in [0.1, 0.15) is 5.01 Å². The van der Waals surface area contributed by atoms with Crippen LogP contribution in [0, 0.1) is 6.92 Å². The number of sulfone groups is 1. The second-order valence-electron chi connectivity index (χ2n) is 5.78. The van der Waals surface area contributed by atoms with Gasteiger partial charge in [0.05, 0.1) is 21.8 Å². The van der Waals surface area contributed by atoms with Gasteiger partial charge in [-0.15, -0.1) is 16.4 Å². The largest absolute Gasteiger partial charge is 0.313 e. The molecule has 0 aliphatic rings. The highest BCUT2D eigenvalue weighted by atomic mass is 32.2. The molecule has 4 aromatic rings. The normalized spacial score (nSPS) is 11.8. The Morgan fingerprint density at radius 3 is 2.69 bits per heavy atom. The van der Waals surface area contributed by atoms with E-state index in [0.29, 0.717) is 11.6 Å². The van der Waals surface area contributed by atoms with Crippen molar-refractivity contribution in [2.45, 2.75) is 11.8 Å². The molecule has 3 aromatic heterocycles. The topological polar surface area (TPSA) is 89.2 Å². The zero-order valence-electron chi connectivity index (χ0n) is 14.0. The van der Waals surface area contributed by atoms with Gasteiger partial charge in [0.25, 0.3) is 0 Å². The average Bonchev–Trinajstić information content (AvgIpc) is 3.19. The molecule has 26 heavy (non-hydrogen) atoms. The lowest BCUT2D eigenvalue weighted by Crippen LogP contribution is -1.99. The Labute approximate surface area is 154 Å². The lowest BCUT2D eigenvalue weighted by atomic mass is 10.1. The third-order valence-corrected chi connectivity index (χ3v) is 5.71. The molecule has 1 aromatic carbocycles. The number of anilines is 2. The van der Waals surface area contributed by atoms with Crippen LogP contribution < -0.4 is 5.32 Å². The summed E-state index contributed by atoms with van der Waals surface area (Å²) in [5.41, 5.74) is 2.17. The quantitative estimate of drug-likeness (QED) is 0.580. The number of benzene rings is 1. The van der Waals surface area contributed by atoms with E-state index in [1.54, 1.807) is 28.9 Å². The maximum absolute atomic E-state index is 11.8. The molecule has 0 spiro atoms. The Morgan fingerprint density at radius 2 is 1.96 bits per heavy atom. The number of pyridine rings is 1. The molecule has 0 fully saturated rings. The molecule has 7 nitrogen and oxygen atoms in total. The molecular formula is C17H15N5O2S2. The first-order chi connectivity index (χ1) is 12.4. The van der Waals surface area contributed by atoms with Crippen LogP contribution in [0.15, 0.2) is 53.6 Å². The molecule has 4 rings (SSSR count). The minimum Gasteiger partial charge on any atom is -0.313 e. The zero-order valence-corrected chi connectivity index (χ0v) is 15.7. The number of rotatable bonds is 4. The zero-order chi connectivity index (χ0) is 18.3. The summed E-state index contributed by atoms with van der Waals surface area (Å²) in [4.78, 5) is 8.95. The molecule has 0 saturated heterocycles. The molecule has 0 atom stereocenters. The average molecular weight is 385 g/mol. The van der Waals surface area contributed by atoms with Crippen LogP contribution in [-0.2, 0) is 9.84 Å². The number of thiazole rings is 1. The molecule has 0 aliphatic carbocycles. The van der Waals surface area contributed by atoms with Gasteiger partial charge in [0, 0.05) is 11.8 Å². The highest BCUT2D eigenvalue weighted by Crippen LogP contribution is 2.25. The number of aryl methyl sites for hydroxylation is 1. The van der Waals surface area contributed by atoms with Gasteiger partial charge in [-0.25, -0.2) is 17.9 Å². The van der Waals surface area contributed by atoms with Gasteiger partial charge < -0.3 is 5.32 Å². The summed E-state index contributed by atoms with van der Waals surface area (Å²) in [6.45, 7) is 1.93. The summed E-state index contributed by atoms with van der Waals surface area (Å²) >= 11 is 1.52. The molecule has 1 N–H and O–H groups in total. The van der Waals surface area contributed by atoms with Crippen LogP contribution in [-0.4, -0.2) is 34.3 Å². The second kappa shape index (κ2) is 6.19. The second-order valence-corrected chi connectivity index (χ2v) is 9.04. The summed E-state index contributed by atoms with van der Waals surface area (Å²) in [5, 5.41) is 9.47. The van der Waals surface area contributed by atoms with Crippen molar-refractivity contribution in [3.05, 3.63) is 53.7 Å². The molecule has 0 unspecified atom stereocenters. The third-order valence-electron chi connectivity index (χ3n) is 3.77. The Morgan fingerprint density at radius 1 is 1.15 bits per heavy atom.